The molecule has 1 aromatic rings. The lowest BCUT2D eigenvalue weighted by atomic mass is 10.2. The van der Waals surface area contributed by atoms with Crippen molar-refractivity contribution in [1.29, 1.82) is 0 Å². The summed E-state index contributed by atoms with van der Waals surface area (Å²) in [7, 11) is 1.31. The molecule has 0 unspecified atom stereocenters. The number of thioether (sulfide) groups is 1. The summed E-state index contributed by atoms with van der Waals surface area (Å²) in [6.07, 6.45) is 0.709. The Morgan fingerprint density at radius 2 is 2.19 bits per heavy atom. The fraction of sp³-hybridized carbons (Fsp3) is 0.467. The number of nitrogens with one attached hydrogen (secondary N) is 1. The van der Waals surface area contributed by atoms with Gasteiger partial charge in [-0.25, -0.2) is 4.79 Å². The van der Waals surface area contributed by atoms with Gasteiger partial charge in [0.05, 0.1) is 12.8 Å². The quantitative estimate of drug-likeness (QED) is 0.932. The largest absolute Gasteiger partial charge is 0.453 e. The number of nitrogens with zero attached hydrogens (tertiary/aromatic N) is 1. The minimum atomic E-state index is -0.511. The first-order valence-electron chi connectivity index (χ1n) is 6.99. The van der Waals surface area contributed by atoms with Crippen molar-refractivity contribution in [1.82, 2.24) is 5.32 Å². The lowest BCUT2D eigenvalue weighted by Crippen LogP contribution is -2.35. The fourth-order valence-electron chi connectivity index (χ4n) is 2.22. The fourth-order valence-corrected chi connectivity index (χ4v) is 3.34. The number of para-hydroxylation sites is 1. The van der Waals surface area contributed by atoms with Gasteiger partial charge in [0.2, 0.25) is 5.91 Å². The Labute approximate surface area is 129 Å². The number of amides is 2. The molecule has 0 aromatic heterocycles. The molecule has 1 aliphatic rings. The molecule has 1 N–H and O–H groups in total. The van der Waals surface area contributed by atoms with Crippen LogP contribution in [0.5, 0.6) is 0 Å². The maximum Gasteiger partial charge on any atom is 0.406 e. The Kier molecular flexibility index (Phi) is 5.50. The molecule has 2 rings (SSSR count). The number of alkyl carbamates (subject to hydrolysis) is 1. The zero-order chi connectivity index (χ0) is 15.2. The summed E-state index contributed by atoms with van der Waals surface area (Å²) >= 11 is 1.80. The molecule has 1 heterocycles. The second kappa shape index (κ2) is 7.36. The van der Waals surface area contributed by atoms with E-state index in [1.165, 1.54) is 7.11 Å². The Hall–Kier alpha value is -1.69. The van der Waals surface area contributed by atoms with Crippen molar-refractivity contribution in [2.75, 3.05) is 25.1 Å². The molecule has 2 amide bonds. The number of fused-ring (bicyclic) bond motifs is 1. The number of rotatable bonds is 3. The molecule has 0 saturated heterocycles. The van der Waals surface area contributed by atoms with Gasteiger partial charge in [0.25, 0.3) is 0 Å². The summed E-state index contributed by atoms with van der Waals surface area (Å²) in [5.41, 5.74) is 0.968. The van der Waals surface area contributed by atoms with Crippen LogP contribution in [-0.2, 0) is 9.53 Å². The van der Waals surface area contributed by atoms with Crippen LogP contribution < -0.4 is 10.2 Å². The maximum atomic E-state index is 12.4. The lowest BCUT2D eigenvalue weighted by Gasteiger charge is -2.22. The molecule has 1 aliphatic heterocycles. The molecule has 0 aliphatic carbocycles. The lowest BCUT2D eigenvalue weighted by molar-refractivity contribution is -0.118. The number of hydrogen-bond acceptors (Lipinski definition) is 4. The van der Waals surface area contributed by atoms with Gasteiger partial charge in [-0.05, 0) is 18.6 Å². The number of methoxy groups -OCH3 is 1. The minimum Gasteiger partial charge on any atom is -0.453 e. The topological polar surface area (TPSA) is 58.6 Å². The third kappa shape index (κ3) is 4.14. The Balaban J connectivity index is 2.05. The molecule has 6 heteroatoms. The second-order valence-electron chi connectivity index (χ2n) is 4.90. The van der Waals surface area contributed by atoms with Crippen molar-refractivity contribution in [3.8, 4) is 0 Å². The minimum absolute atomic E-state index is 0.0218. The van der Waals surface area contributed by atoms with E-state index in [-0.39, 0.29) is 18.9 Å². The van der Waals surface area contributed by atoms with Crippen molar-refractivity contribution in [3.05, 3.63) is 24.3 Å². The van der Waals surface area contributed by atoms with Gasteiger partial charge in [-0.15, -0.1) is 11.8 Å². The van der Waals surface area contributed by atoms with E-state index in [4.69, 9.17) is 0 Å². The van der Waals surface area contributed by atoms with E-state index in [1.807, 2.05) is 23.1 Å². The molecule has 1 atom stereocenters. The van der Waals surface area contributed by atoms with Crippen molar-refractivity contribution < 1.29 is 14.3 Å². The Morgan fingerprint density at radius 1 is 1.43 bits per heavy atom. The summed E-state index contributed by atoms with van der Waals surface area (Å²) in [4.78, 5) is 26.4. The zero-order valence-corrected chi connectivity index (χ0v) is 13.1. The molecule has 0 bridgehead atoms. The monoisotopic (exact) mass is 308 g/mol. The highest BCUT2D eigenvalue weighted by Crippen LogP contribution is 2.37. The van der Waals surface area contributed by atoms with Crippen molar-refractivity contribution in [3.63, 3.8) is 0 Å². The molecule has 0 spiro atoms. The molecule has 1 aromatic carbocycles. The van der Waals surface area contributed by atoms with Gasteiger partial charge in [-0.1, -0.05) is 19.1 Å². The summed E-state index contributed by atoms with van der Waals surface area (Å²) in [6.45, 7) is 3.17. The van der Waals surface area contributed by atoms with Gasteiger partial charge in [0, 0.05) is 29.7 Å². The highest BCUT2D eigenvalue weighted by atomic mass is 32.2. The van der Waals surface area contributed by atoms with Crippen LogP contribution in [0.25, 0.3) is 0 Å². The van der Waals surface area contributed by atoms with E-state index in [0.29, 0.717) is 11.8 Å². The average Bonchev–Trinajstić information content (AvgIpc) is 2.65. The molecule has 21 heavy (non-hydrogen) atoms. The molecule has 114 valence electrons. The van der Waals surface area contributed by atoms with Gasteiger partial charge < -0.3 is 15.0 Å². The van der Waals surface area contributed by atoms with E-state index in [2.05, 4.69) is 23.0 Å². The van der Waals surface area contributed by atoms with Crippen LogP contribution >= 0.6 is 11.8 Å². The predicted molar refractivity (Wildman–Crippen MR) is 83.8 cm³/mol. The number of anilines is 1. The zero-order valence-electron chi connectivity index (χ0n) is 12.3. The van der Waals surface area contributed by atoms with Crippen LogP contribution in [0.4, 0.5) is 10.5 Å². The Bertz CT molecular complexity index is 521. The third-order valence-corrected chi connectivity index (χ3v) is 4.58. The SMILES string of the molecule is COC(=O)NCCC(=O)N1CC[C@H](C)Sc2ccccc21. The predicted octanol–water partition coefficient (Wildman–Crippen LogP) is 2.65. The molecule has 5 nitrogen and oxygen atoms in total. The van der Waals surface area contributed by atoms with Crippen LogP contribution in [0, 0.1) is 0 Å². The summed E-state index contributed by atoms with van der Waals surface area (Å²) in [5.74, 6) is 0.0218. The van der Waals surface area contributed by atoms with Crippen LogP contribution in [0.3, 0.4) is 0 Å². The van der Waals surface area contributed by atoms with E-state index in [1.54, 1.807) is 11.8 Å². The van der Waals surface area contributed by atoms with Crippen LogP contribution in [0.1, 0.15) is 19.8 Å². The molecule has 0 saturated carbocycles. The Morgan fingerprint density at radius 3 is 2.95 bits per heavy atom. The first-order chi connectivity index (χ1) is 10.1. The van der Waals surface area contributed by atoms with Gasteiger partial charge in [-0.2, -0.15) is 0 Å². The smallest absolute Gasteiger partial charge is 0.406 e. The van der Waals surface area contributed by atoms with Crippen LogP contribution in [-0.4, -0.2) is 37.4 Å². The normalized spacial score (nSPS) is 17.6. The summed E-state index contributed by atoms with van der Waals surface area (Å²) in [5, 5.41) is 3.02. The van der Waals surface area contributed by atoms with Gasteiger partial charge in [-0.3, -0.25) is 4.79 Å². The van der Waals surface area contributed by atoms with E-state index < -0.39 is 6.09 Å². The van der Waals surface area contributed by atoms with Crippen molar-refractivity contribution in [2.24, 2.45) is 0 Å². The molecule has 0 radical (unpaired) electrons. The summed E-state index contributed by atoms with van der Waals surface area (Å²) in [6, 6.07) is 7.97. The van der Waals surface area contributed by atoms with Crippen LogP contribution in [0.2, 0.25) is 0 Å². The first-order valence-corrected chi connectivity index (χ1v) is 7.87. The number of carbonyl (C=O) groups is 2. The number of hydrogen-bond donors (Lipinski definition) is 1. The highest BCUT2D eigenvalue weighted by molar-refractivity contribution is 8.00. The standard InChI is InChI=1S/C15H20N2O3S/c1-11-8-10-17(12-5-3-4-6-13(12)21-11)14(18)7-9-16-15(19)20-2/h3-6,11H,7-10H2,1-2H3,(H,16,19)/t11-/m0/s1. The van der Waals surface area contributed by atoms with Gasteiger partial charge in [0.1, 0.15) is 0 Å². The van der Waals surface area contributed by atoms with Gasteiger partial charge >= 0.3 is 6.09 Å². The maximum absolute atomic E-state index is 12.4. The van der Waals surface area contributed by atoms with Crippen molar-refractivity contribution >= 4 is 29.4 Å². The van der Waals surface area contributed by atoms with Crippen molar-refractivity contribution in [2.45, 2.75) is 29.9 Å². The van der Waals surface area contributed by atoms with Crippen LogP contribution in [0.15, 0.2) is 29.2 Å². The number of benzene rings is 1. The summed E-state index contributed by atoms with van der Waals surface area (Å²) < 4.78 is 4.49. The van der Waals surface area contributed by atoms with Gasteiger partial charge in [0.15, 0.2) is 0 Å². The molecular weight excluding hydrogens is 288 g/mol. The molecule has 0 fully saturated rings. The molecular formula is C15H20N2O3S. The average molecular weight is 308 g/mol. The highest BCUT2D eigenvalue weighted by Gasteiger charge is 2.23. The third-order valence-electron chi connectivity index (χ3n) is 3.34. The van der Waals surface area contributed by atoms with E-state index in [0.717, 1.165) is 17.0 Å². The number of ether oxygens (including phenoxy) is 1. The first kappa shape index (κ1) is 15.7. The van der Waals surface area contributed by atoms with E-state index >= 15 is 0 Å². The number of carbonyl (C=O) groups excluding carboxylic acids is 2. The second-order valence-corrected chi connectivity index (χ2v) is 6.38. The van der Waals surface area contributed by atoms with E-state index in [9.17, 15) is 9.59 Å².